The Balaban J connectivity index is 0.000000203. The van der Waals surface area contributed by atoms with Crippen LogP contribution in [0.4, 0.5) is 0 Å². The van der Waals surface area contributed by atoms with E-state index in [-0.39, 0.29) is 5.97 Å². The third-order valence-electron chi connectivity index (χ3n) is 3.95. The summed E-state index contributed by atoms with van der Waals surface area (Å²) in [4.78, 5) is 11.6. The lowest BCUT2D eigenvalue weighted by Crippen LogP contribution is -2.07. The molecule has 2 aromatic rings. The van der Waals surface area contributed by atoms with Crippen LogP contribution in [0.2, 0.25) is 0 Å². The van der Waals surface area contributed by atoms with Gasteiger partial charge in [0, 0.05) is 0 Å². The molecule has 3 rings (SSSR count). The Kier molecular flexibility index (Phi) is 7.12. The molecule has 0 bridgehead atoms. The van der Waals surface area contributed by atoms with E-state index in [0.29, 0.717) is 11.3 Å². The summed E-state index contributed by atoms with van der Waals surface area (Å²) < 4.78 is 5.16. The lowest BCUT2D eigenvalue weighted by atomic mass is 9.90. The minimum atomic E-state index is -0.332. The molecule has 1 fully saturated rings. The van der Waals surface area contributed by atoms with Crippen molar-refractivity contribution in [3.05, 3.63) is 78.9 Å². The van der Waals surface area contributed by atoms with Crippen LogP contribution in [0.1, 0.15) is 42.5 Å². The zero-order valence-electron chi connectivity index (χ0n) is 13.5. The SMILES string of the molecule is C=CC1CCCCC1.O=C(Oc1ccccc1)c1ccccc1. The van der Waals surface area contributed by atoms with Gasteiger partial charge in [-0.15, -0.1) is 6.58 Å². The molecule has 0 saturated heterocycles. The fourth-order valence-corrected chi connectivity index (χ4v) is 2.60. The van der Waals surface area contributed by atoms with Gasteiger partial charge in [-0.2, -0.15) is 0 Å². The quantitative estimate of drug-likeness (QED) is 0.415. The largest absolute Gasteiger partial charge is 0.423 e. The number of para-hydroxylation sites is 1. The molecule has 0 atom stereocenters. The van der Waals surface area contributed by atoms with Gasteiger partial charge in [-0.3, -0.25) is 0 Å². The van der Waals surface area contributed by atoms with E-state index in [9.17, 15) is 4.79 Å². The zero-order valence-corrected chi connectivity index (χ0v) is 13.5. The fourth-order valence-electron chi connectivity index (χ4n) is 2.60. The van der Waals surface area contributed by atoms with Crippen LogP contribution in [0.25, 0.3) is 0 Å². The molecule has 0 heterocycles. The van der Waals surface area contributed by atoms with E-state index in [0.717, 1.165) is 5.92 Å². The Bertz CT molecular complexity index is 584. The number of ether oxygens (including phenoxy) is 1. The number of carbonyl (C=O) groups is 1. The predicted octanol–water partition coefficient (Wildman–Crippen LogP) is 5.66. The topological polar surface area (TPSA) is 26.3 Å². The van der Waals surface area contributed by atoms with Crippen LogP contribution in [0.5, 0.6) is 5.75 Å². The predicted molar refractivity (Wildman–Crippen MR) is 94.6 cm³/mol. The lowest BCUT2D eigenvalue weighted by Gasteiger charge is -2.16. The Morgan fingerprint density at radius 1 is 0.913 bits per heavy atom. The van der Waals surface area contributed by atoms with Crippen molar-refractivity contribution in [1.82, 2.24) is 0 Å². The first kappa shape index (κ1) is 17.0. The summed E-state index contributed by atoms with van der Waals surface area (Å²) in [7, 11) is 0. The van der Waals surface area contributed by atoms with E-state index in [2.05, 4.69) is 12.7 Å². The molecule has 0 spiro atoms. The second-order valence-electron chi connectivity index (χ2n) is 5.70. The molecule has 2 aromatic carbocycles. The van der Waals surface area contributed by atoms with Gasteiger partial charge in [0.15, 0.2) is 0 Å². The highest BCUT2D eigenvalue weighted by atomic mass is 16.5. The molecule has 23 heavy (non-hydrogen) atoms. The monoisotopic (exact) mass is 308 g/mol. The van der Waals surface area contributed by atoms with Crippen molar-refractivity contribution in [2.45, 2.75) is 32.1 Å². The third-order valence-corrected chi connectivity index (χ3v) is 3.95. The van der Waals surface area contributed by atoms with Crippen LogP contribution < -0.4 is 4.74 Å². The van der Waals surface area contributed by atoms with Crippen LogP contribution >= 0.6 is 0 Å². The second-order valence-corrected chi connectivity index (χ2v) is 5.70. The molecule has 0 N–H and O–H groups in total. The van der Waals surface area contributed by atoms with Crippen LogP contribution in [0.15, 0.2) is 73.3 Å². The van der Waals surface area contributed by atoms with Gasteiger partial charge in [-0.1, -0.05) is 61.7 Å². The van der Waals surface area contributed by atoms with E-state index in [1.54, 1.807) is 24.3 Å². The summed E-state index contributed by atoms with van der Waals surface area (Å²) in [6.07, 6.45) is 9.20. The van der Waals surface area contributed by atoms with Gasteiger partial charge in [0.05, 0.1) is 5.56 Å². The molecular weight excluding hydrogens is 284 g/mol. The van der Waals surface area contributed by atoms with Crippen molar-refractivity contribution in [3.63, 3.8) is 0 Å². The number of rotatable bonds is 3. The number of carbonyl (C=O) groups excluding carboxylic acids is 1. The molecule has 0 radical (unpaired) electrons. The minimum absolute atomic E-state index is 0.332. The summed E-state index contributed by atoms with van der Waals surface area (Å²) in [6, 6.07) is 18.0. The summed E-state index contributed by atoms with van der Waals surface area (Å²) in [6.45, 7) is 3.78. The van der Waals surface area contributed by atoms with E-state index >= 15 is 0 Å². The van der Waals surface area contributed by atoms with Crippen molar-refractivity contribution >= 4 is 5.97 Å². The normalized spacial score (nSPS) is 14.3. The fraction of sp³-hybridized carbons (Fsp3) is 0.286. The van der Waals surface area contributed by atoms with Crippen molar-refractivity contribution in [1.29, 1.82) is 0 Å². The molecule has 120 valence electrons. The highest BCUT2D eigenvalue weighted by Gasteiger charge is 2.08. The Hall–Kier alpha value is -2.35. The number of benzene rings is 2. The second kappa shape index (κ2) is 9.62. The van der Waals surface area contributed by atoms with Crippen molar-refractivity contribution in [3.8, 4) is 5.75 Å². The molecule has 0 aliphatic heterocycles. The number of allylic oxidation sites excluding steroid dienone is 1. The standard InChI is InChI=1S/C13H10O2.C8H14/c14-13(11-7-3-1-4-8-11)15-12-9-5-2-6-10-12;1-2-8-6-4-3-5-7-8/h1-10H;2,8H,1,3-7H2. The highest BCUT2D eigenvalue weighted by Crippen LogP contribution is 2.23. The molecule has 2 heteroatoms. The van der Waals surface area contributed by atoms with E-state index in [1.165, 1.54) is 32.1 Å². The average Bonchev–Trinajstić information content (AvgIpc) is 2.64. The van der Waals surface area contributed by atoms with Gasteiger partial charge < -0.3 is 4.74 Å². The third kappa shape index (κ3) is 6.11. The Morgan fingerprint density at radius 2 is 1.48 bits per heavy atom. The molecular formula is C21H24O2. The maximum Gasteiger partial charge on any atom is 0.343 e. The molecule has 2 nitrogen and oxygen atoms in total. The molecule has 1 saturated carbocycles. The molecule has 0 amide bonds. The number of esters is 1. The van der Waals surface area contributed by atoms with Crippen LogP contribution in [-0.2, 0) is 0 Å². The van der Waals surface area contributed by atoms with Gasteiger partial charge in [-0.05, 0) is 43.0 Å². The van der Waals surface area contributed by atoms with Crippen molar-refractivity contribution in [2.24, 2.45) is 5.92 Å². The van der Waals surface area contributed by atoms with E-state index < -0.39 is 0 Å². The molecule has 1 aliphatic carbocycles. The van der Waals surface area contributed by atoms with Gasteiger partial charge in [-0.25, -0.2) is 4.79 Å². The van der Waals surface area contributed by atoms with Crippen molar-refractivity contribution in [2.75, 3.05) is 0 Å². The molecule has 0 unspecified atom stereocenters. The summed E-state index contributed by atoms with van der Waals surface area (Å²) in [5.74, 6) is 1.08. The minimum Gasteiger partial charge on any atom is -0.423 e. The average molecular weight is 308 g/mol. The Labute approximate surface area is 138 Å². The first-order valence-electron chi connectivity index (χ1n) is 8.24. The van der Waals surface area contributed by atoms with Crippen LogP contribution in [0.3, 0.4) is 0 Å². The smallest absolute Gasteiger partial charge is 0.343 e. The Morgan fingerprint density at radius 3 is 2.00 bits per heavy atom. The zero-order chi connectivity index (χ0) is 16.3. The maximum atomic E-state index is 11.6. The van der Waals surface area contributed by atoms with Gasteiger partial charge >= 0.3 is 5.97 Å². The van der Waals surface area contributed by atoms with Gasteiger partial charge in [0.2, 0.25) is 0 Å². The summed E-state index contributed by atoms with van der Waals surface area (Å²) in [5, 5.41) is 0. The highest BCUT2D eigenvalue weighted by molar-refractivity contribution is 5.90. The van der Waals surface area contributed by atoms with Gasteiger partial charge in [0.25, 0.3) is 0 Å². The van der Waals surface area contributed by atoms with Gasteiger partial charge in [0.1, 0.15) is 5.75 Å². The number of hydrogen-bond donors (Lipinski definition) is 0. The maximum absolute atomic E-state index is 11.6. The molecule has 1 aliphatic rings. The summed E-state index contributed by atoms with van der Waals surface area (Å²) in [5.41, 5.74) is 0.557. The van der Waals surface area contributed by atoms with E-state index in [4.69, 9.17) is 4.74 Å². The summed E-state index contributed by atoms with van der Waals surface area (Å²) >= 11 is 0. The van der Waals surface area contributed by atoms with Crippen LogP contribution in [-0.4, -0.2) is 5.97 Å². The van der Waals surface area contributed by atoms with Crippen LogP contribution in [0, 0.1) is 5.92 Å². The van der Waals surface area contributed by atoms with Crippen molar-refractivity contribution < 1.29 is 9.53 Å². The first-order valence-corrected chi connectivity index (χ1v) is 8.24. The number of hydrogen-bond acceptors (Lipinski definition) is 2. The first-order chi connectivity index (χ1) is 11.3. The molecule has 0 aromatic heterocycles. The lowest BCUT2D eigenvalue weighted by molar-refractivity contribution is 0.0735. The van der Waals surface area contributed by atoms with E-state index in [1.807, 2.05) is 36.4 Å².